The topological polar surface area (TPSA) is 12.5 Å². The zero-order valence-corrected chi connectivity index (χ0v) is 12.0. The molecule has 0 fully saturated rings. The molecule has 0 aromatic heterocycles. The first-order valence-corrected chi connectivity index (χ1v) is 7.23. The monoisotopic (exact) mass is 265 g/mol. The van der Waals surface area contributed by atoms with Crippen molar-refractivity contribution in [3.8, 4) is 11.1 Å². The lowest BCUT2D eigenvalue weighted by molar-refractivity contribution is -0.139. The lowest BCUT2D eigenvalue weighted by atomic mass is 9.75. The molecular weight excluding hydrogens is 246 g/mol. The molecule has 0 amide bonds. The number of nitrogens with zero attached hydrogens (tertiary/aromatic N) is 1. The van der Waals surface area contributed by atoms with Gasteiger partial charge < -0.3 is 4.74 Å². The van der Waals surface area contributed by atoms with Crippen molar-refractivity contribution in [2.75, 3.05) is 20.7 Å². The maximum atomic E-state index is 6.08. The number of ether oxygens (including phenoxy) is 1. The van der Waals surface area contributed by atoms with Crippen LogP contribution in [0.1, 0.15) is 16.7 Å². The Labute approximate surface area is 120 Å². The molecule has 1 atom stereocenters. The standard InChI is InChI=1S/C18H19NO/c1-19-11-10-13-7-5-9-16-15-8-4-3-6-14(15)12-18(19,20-2)17(13)16/h3-9H,10-12H2,1-2H3. The van der Waals surface area contributed by atoms with Crippen molar-refractivity contribution in [1.29, 1.82) is 0 Å². The molecule has 0 radical (unpaired) electrons. The van der Waals surface area contributed by atoms with Gasteiger partial charge in [-0.2, -0.15) is 0 Å². The summed E-state index contributed by atoms with van der Waals surface area (Å²) in [7, 11) is 4.02. The molecule has 0 saturated heterocycles. The Bertz CT molecular complexity index is 679. The van der Waals surface area contributed by atoms with Gasteiger partial charge in [0.05, 0.1) is 0 Å². The summed E-state index contributed by atoms with van der Waals surface area (Å²) < 4.78 is 6.08. The summed E-state index contributed by atoms with van der Waals surface area (Å²) >= 11 is 0. The predicted molar refractivity (Wildman–Crippen MR) is 80.6 cm³/mol. The van der Waals surface area contributed by atoms with E-state index in [2.05, 4.69) is 54.4 Å². The third-order valence-electron chi connectivity index (χ3n) is 4.95. The lowest BCUT2D eigenvalue weighted by Gasteiger charge is -2.49. The van der Waals surface area contributed by atoms with Crippen molar-refractivity contribution in [3.63, 3.8) is 0 Å². The highest BCUT2D eigenvalue weighted by Gasteiger charge is 2.45. The van der Waals surface area contributed by atoms with Crippen LogP contribution in [-0.2, 0) is 23.3 Å². The van der Waals surface area contributed by atoms with E-state index >= 15 is 0 Å². The number of methoxy groups -OCH3 is 1. The Morgan fingerprint density at radius 3 is 2.60 bits per heavy atom. The number of hydrogen-bond donors (Lipinski definition) is 0. The van der Waals surface area contributed by atoms with E-state index in [1.54, 1.807) is 0 Å². The molecule has 0 saturated carbocycles. The van der Waals surface area contributed by atoms with Gasteiger partial charge >= 0.3 is 0 Å². The van der Waals surface area contributed by atoms with Crippen LogP contribution in [0.15, 0.2) is 42.5 Å². The second kappa shape index (κ2) is 4.18. The third kappa shape index (κ3) is 1.41. The van der Waals surface area contributed by atoms with Crippen LogP contribution in [-0.4, -0.2) is 25.6 Å². The second-order valence-corrected chi connectivity index (χ2v) is 5.83. The van der Waals surface area contributed by atoms with Crippen molar-refractivity contribution in [3.05, 3.63) is 59.2 Å². The van der Waals surface area contributed by atoms with E-state index in [1.807, 2.05) is 7.11 Å². The average Bonchev–Trinajstić information content (AvgIpc) is 2.51. The summed E-state index contributed by atoms with van der Waals surface area (Å²) in [6.45, 7) is 1.05. The van der Waals surface area contributed by atoms with Gasteiger partial charge in [-0.1, -0.05) is 42.5 Å². The van der Waals surface area contributed by atoms with E-state index in [0.717, 1.165) is 19.4 Å². The predicted octanol–water partition coefficient (Wildman–Crippen LogP) is 3.20. The van der Waals surface area contributed by atoms with Crippen molar-refractivity contribution in [2.45, 2.75) is 18.6 Å². The molecule has 0 N–H and O–H groups in total. The van der Waals surface area contributed by atoms with Crippen molar-refractivity contribution < 1.29 is 4.74 Å². The first kappa shape index (κ1) is 12.1. The van der Waals surface area contributed by atoms with Crippen LogP contribution in [0.2, 0.25) is 0 Å². The van der Waals surface area contributed by atoms with Crippen LogP contribution >= 0.6 is 0 Å². The molecular formula is C18H19NO. The van der Waals surface area contributed by atoms with Crippen LogP contribution in [0.4, 0.5) is 0 Å². The maximum Gasteiger partial charge on any atom is 0.152 e. The maximum absolute atomic E-state index is 6.08. The van der Waals surface area contributed by atoms with E-state index < -0.39 is 0 Å². The molecule has 1 aliphatic carbocycles. The molecule has 2 aromatic rings. The molecule has 2 aliphatic rings. The van der Waals surface area contributed by atoms with E-state index in [-0.39, 0.29) is 5.72 Å². The van der Waals surface area contributed by atoms with Gasteiger partial charge in [0.15, 0.2) is 5.72 Å². The third-order valence-corrected chi connectivity index (χ3v) is 4.95. The second-order valence-electron chi connectivity index (χ2n) is 5.83. The van der Waals surface area contributed by atoms with E-state index in [9.17, 15) is 0 Å². The molecule has 2 aromatic carbocycles. The van der Waals surface area contributed by atoms with Crippen molar-refractivity contribution >= 4 is 0 Å². The van der Waals surface area contributed by atoms with E-state index in [4.69, 9.17) is 4.74 Å². The summed E-state index contributed by atoms with van der Waals surface area (Å²) in [5.41, 5.74) is 6.63. The zero-order chi connectivity index (χ0) is 13.7. The summed E-state index contributed by atoms with van der Waals surface area (Å²) in [4.78, 5) is 2.37. The fraction of sp³-hybridized carbons (Fsp3) is 0.333. The Hall–Kier alpha value is -1.64. The molecule has 0 spiro atoms. The van der Waals surface area contributed by atoms with Crippen LogP contribution in [0.5, 0.6) is 0 Å². The molecule has 2 heteroatoms. The minimum atomic E-state index is -0.293. The van der Waals surface area contributed by atoms with Gasteiger partial charge in [-0.25, -0.2) is 0 Å². The fourth-order valence-corrected chi connectivity index (χ4v) is 3.90. The number of benzene rings is 2. The minimum Gasteiger partial charge on any atom is -0.359 e. The summed E-state index contributed by atoms with van der Waals surface area (Å²) in [5, 5.41) is 0. The Balaban J connectivity index is 2.08. The SMILES string of the molecule is COC12Cc3ccccc3-c3cccc(c31)CCN2C. The van der Waals surface area contributed by atoms with Gasteiger partial charge in [0.2, 0.25) is 0 Å². The Morgan fingerprint density at radius 1 is 1.00 bits per heavy atom. The van der Waals surface area contributed by atoms with Gasteiger partial charge in [0.25, 0.3) is 0 Å². The van der Waals surface area contributed by atoms with Crippen molar-refractivity contribution in [2.24, 2.45) is 0 Å². The van der Waals surface area contributed by atoms with Crippen molar-refractivity contribution in [1.82, 2.24) is 4.90 Å². The van der Waals surface area contributed by atoms with Gasteiger partial charge in [-0.05, 0) is 35.7 Å². The normalized spacial score (nSPS) is 24.1. The van der Waals surface area contributed by atoms with Crippen LogP contribution in [0.25, 0.3) is 11.1 Å². The van der Waals surface area contributed by atoms with Gasteiger partial charge in [0.1, 0.15) is 0 Å². The quantitative estimate of drug-likeness (QED) is 0.785. The molecule has 1 unspecified atom stereocenters. The highest BCUT2D eigenvalue weighted by molar-refractivity contribution is 5.76. The zero-order valence-electron chi connectivity index (χ0n) is 12.0. The smallest absolute Gasteiger partial charge is 0.152 e. The number of hydrogen-bond acceptors (Lipinski definition) is 2. The molecule has 20 heavy (non-hydrogen) atoms. The number of fused-ring (bicyclic) bond motifs is 2. The average molecular weight is 265 g/mol. The van der Waals surface area contributed by atoms with Crippen LogP contribution in [0, 0.1) is 0 Å². The molecule has 102 valence electrons. The van der Waals surface area contributed by atoms with Crippen LogP contribution < -0.4 is 0 Å². The first-order valence-electron chi connectivity index (χ1n) is 7.23. The van der Waals surface area contributed by atoms with Gasteiger partial charge in [0, 0.05) is 25.6 Å². The molecule has 2 nitrogen and oxygen atoms in total. The van der Waals surface area contributed by atoms with E-state index in [1.165, 1.54) is 27.8 Å². The van der Waals surface area contributed by atoms with Gasteiger partial charge in [-0.15, -0.1) is 0 Å². The van der Waals surface area contributed by atoms with Gasteiger partial charge in [-0.3, -0.25) is 4.90 Å². The van der Waals surface area contributed by atoms with E-state index in [0.29, 0.717) is 0 Å². The molecule has 0 bridgehead atoms. The van der Waals surface area contributed by atoms with Crippen LogP contribution in [0.3, 0.4) is 0 Å². The summed E-state index contributed by atoms with van der Waals surface area (Å²) in [6, 6.07) is 15.4. The summed E-state index contributed by atoms with van der Waals surface area (Å²) in [6.07, 6.45) is 2.03. The highest BCUT2D eigenvalue weighted by Crippen LogP contribution is 2.48. The molecule has 1 aliphatic heterocycles. The minimum absolute atomic E-state index is 0.293. The molecule has 4 rings (SSSR count). The lowest BCUT2D eigenvalue weighted by Crippen LogP contribution is -2.52. The molecule has 1 heterocycles. The Morgan fingerprint density at radius 2 is 1.75 bits per heavy atom. The first-order chi connectivity index (χ1) is 9.76. The highest BCUT2D eigenvalue weighted by atomic mass is 16.5. The largest absolute Gasteiger partial charge is 0.359 e. The number of likely N-dealkylation sites (N-methyl/N-ethyl adjacent to an activating group) is 1. The fourth-order valence-electron chi connectivity index (χ4n) is 3.90. The number of rotatable bonds is 1. The Kier molecular flexibility index (Phi) is 2.53. The summed E-state index contributed by atoms with van der Waals surface area (Å²) in [5.74, 6) is 0.